The Bertz CT molecular complexity index is 1120. The highest BCUT2D eigenvalue weighted by atomic mass is 35.5. The fourth-order valence-corrected chi connectivity index (χ4v) is 2.87. The van der Waals surface area contributed by atoms with Gasteiger partial charge in [0.1, 0.15) is 11.4 Å². The molecule has 1 heterocycles. The number of aromatic nitrogens is 1. The van der Waals surface area contributed by atoms with Crippen LogP contribution in [0.3, 0.4) is 0 Å². The van der Waals surface area contributed by atoms with Crippen molar-refractivity contribution in [1.82, 2.24) is 10.3 Å². The number of amides is 1. The van der Waals surface area contributed by atoms with Gasteiger partial charge in [-0.05, 0) is 42.8 Å². The second kappa shape index (κ2) is 9.53. The number of hydrogen-bond donors (Lipinski definition) is 1. The Morgan fingerprint density at radius 3 is 2.45 bits per heavy atom. The molecular weight excluding hydrogens is 430 g/mol. The molecule has 0 spiro atoms. The van der Waals surface area contributed by atoms with E-state index in [1.807, 2.05) is 0 Å². The highest BCUT2D eigenvalue weighted by Gasteiger charge is 2.20. The third-order valence-electron chi connectivity index (χ3n) is 4.34. The quantitative estimate of drug-likeness (QED) is 0.534. The molecule has 0 fully saturated rings. The van der Waals surface area contributed by atoms with Gasteiger partial charge in [0.15, 0.2) is 11.6 Å². The Hall–Kier alpha value is -3.52. The molecular formula is C22H17ClF2N2O4. The van der Waals surface area contributed by atoms with Crippen LogP contribution in [0.4, 0.5) is 8.78 Å². The Kier molecular flexibility index (Phi) is 6.81. The minimum absolute atomic E-state index is 0.0331. The fraction of sp³-hybridized carbons (Fsp3) is 0.136. The number of pyridine rings is 1. The number of carbonyl (C=O) groups excluding carboxylic acids is 2. The van der Waals surface area contributed by atoms with E-state index >= 15 is 0 Å². The second-order valence-corrected chi connectivity index (χ2v) is 6.93. The molecule has 0 unspecified atom stereocenters. The van der Waals surface area contributed by atoms with Crippen LogP contribution in [-0.2, 0) is 4.74 Å². The van der Waals surface area contributed by atoms with Crippen molar-refractivity contribution in [3.8, 4) is 11.6 Å². The van der Waals surface area contributed by atoms with Crippen molar-refractivity contribution in [2.45, 2.75) is 13.0 Å². The molecule has 0 saturated heterocycles. The molecule has 31 heavy (non-hydrogen) atoms. The Labute approximate surface area is 181 Å². The van der Waals surface area contributed by atoms with E-state index in [1.54, 1.807) is 31.2 Å². The van der Waals surface area contributed by atoms with Crippen LogP contribution in [0.5, 0.6) is 11.6 Å². The van der Waals surface area contributed by atoms with E-state index in [0.29, 0.717) is 11.6 Å². The first-order valence-electron chi connectivity index (χ1n) is 9.06. The van der Waals surface area contributed by atoms with E-state index in [9.17, 15) is 18.4 Å². The Balaban J connectivity index is 1.81. The summed E-state index contributed by atoms with van der Waals surface area (Å²) in [6, 6.07) is 10.2. The highest BCUT2D eigenvalue weighted by molar-refractivity contribution is 6.30. The fourth-order valence-electron chi connectivity index (χ4n) is 2.72. The van der Waals surface area contributed by atoms with Crippen molar-refractivity contribution < 1.29 is 27.8 Å². The van der Waals surface area contributed by atoms with Gasteiger partial charge in [-0.3, -0.25) is 4.79 Å². The van der Waals surface area contributed by atoms with Crippen molar-refractivity contribution in [3.63, 3.8) is 0 Å². The van der Waals surface area contributed by atoms with Crippen molar-refractivity contribution in [3.05, 3.63) is 88.1 Å². The van der Waals surface area contributed by atoms with Crippen molar-refractivity contribution in [1.29, 1.82) is 0 Å². The number of esters is 1. The third-order valence-corrected chi connectivity index (χ3v) is 4.55. The van der Waals surface area contributed by atoms with Gasteiger partial charge in [0, 0.05) is 12.3 Å². The van der Waals surface area contributed by atoms with Crippen molar-refractivity contribution >= 4 is 23.5 Å². The molecule has 1 amide bonds. The van der Waals surface area contributed by atoms with Crippen LogP contribution in [0.1, 0.15) is 39.2 Å². The Morgan fingerprint density at radius 2 is 1.81 bits per heavy atom. The number of ether oxygens (including phenoxy) is 2. The molecule has 1 atom stereocenters. The number of benzene rings is 2. The van der Waals surface area contributed by atoms with Crippen LogP contribution in [0.25, 0.3) is 0 Å². The number of rotatable bonds is 6. The first kappa shape index (κ1) is 22.2. The number of methoxy groups -OCH3 is 1. The number of nitrogens with zero attached hydrogens (tertiary/aromatic N) is 1. The lowest BCUT2D eigenvalue weighted by Crippen LogP contribution is -2.27. The van der Waals surface area contributed by atoms with Gasteiger partial charge in [0.25, 0.3) is 5.91 Å². The molecule has 6 nitrogen and oxygen atoms in total. The first-order chi connectivity index (χ1) is 14.8. The largest absolute Gasteiger partial charge is 0.465 e. The topological polar surface area (TPSA) is 77.5 Å². The maximum Gasteiger partial charge on any atom is 0.337 e. The maximum atomic E-state index is 13.9. The van der Waals surface area contributed by atoms with Crippen LogP contribution in [0, 0.1) is 11.6 Å². The Morgan fingerprint density at radius 1 is 1.10 bits per heavy atom. The van der Waals surface area contributed by atoms with Gasteiger partial charge in [-0.1, -0.05) is 23.7 Å². The highest BCUT2D eigenvalue weighted by Crippen LogP contribution is 2.28. The maximum absolute atomic E-state index is 13.9. The monoisotopic (exact) mass is 446 g/mol. The van der Waals surface area contributed by atoms with Gasteiger partial charge in [-0.25, -0.2) is 18.6 Å². The molecule has 1 N–H and O–H groups in total. The lowest BCUT2D eigenvalue weighted by Gasteiger charge is -2.16. The summed E-state index contributed by atoms with van der Waals surface area (Å²) in [7, 11) is 1.29. The number of halogens is 3. The lowest BCUT2D eigenvalue weighted by molar-refractivity contribution is 0.0600. The van der Waals surface area contributed by atoms with Gasteiger partial charge in [-0.15, -0.1) is 0 Å². The van der Waals surface area contributed by atoms with Gasteiger partial charge >= 0.3 is 5.97 Å². The van der Waals surface area contributed by atoms with E-state index in [-0.39, 0.29) is 22.2 Å². The SMILES string of the molecule is COC(=O)c1ccc([C@H](C)NC(=O)c2cc(Cl)cnc2Oc2ccc(F)cc2F)cc1. The second-order valence-electron chi connectivity index (χ2n) is 6.49. The first-order valence-corrected chi connectivity index (χ1v) is 9.44. The van der Waals surface area contributed by atoms with E-state index in [4.69, 9.17) is 16.3 Å². The van der Waals surface area contributed by atoms with Crippen LogP contribution in [0.2, 0.25) is 5.02 Å². The molecule has 9 heteroatoms. The zero-order valence-electron chi connectivity index (χ0n) is 16.5. The summed E-state index contributed by atoms with van der Waals surface area (Å²) < 4.78 is 37.1. The summed E-state index contributed by atoms with van der Waals surface area (Å²) >= 11 is 5.96. The molecule has 1 aromatic heterocycles. The van der Waals surface area contributed by atoms with Crippen LogP contribution < -0.4 is 10.1 Å². The predicted molar refractivity (Wildman–Crippen MR) is 109 cm³/mol. The normalized spacial score (nSPS) is 11.5. The number of nitrogens with one attached hydrogen (secondary N) is 1. The lowest BCUT2D eigenvalue weighted by atomic mass is 10.1. The minimum atomic E-state index is -0.942. The van der Waals surface area contributed by atoms with Crippen LogP contribution >= 0.6 is 11.6 Å². The van der Waals surface area contributed by atoms with Crippen molar-refractivity contribution in [2.24, 2.45) is 0 Å². The van der Waals surface area contributed by atoms with E-state index in [0.717, 1.165) is 17.7 Å². The van der Waals surface area contributed by atoms with Gasteiger partial charge in [0.05, 0.1) is 23.7 Å². The molecule has 160 valence electrons. The molecule has 3 rings (SSSR count). The average molecular weight is 447 g/mol. The summed E-state index contributed by atoms with van der Waals surface area (Å²) in [5, 5.41) is 2.94. The van der Waals surface area contributed by atoms with Crippen molar-refractivity contribution in [2.75, 3.05) is 7.11 Å². The number of carbonyl (C=O) groups is 2. The molecule has 0 aliphatic heterocycles. The van der Waals surface area contributed by atoms with E-state index < -0.39 is 29.6 Å². The molecule has 2 aromatic carbocycles. The standard InChI is InChI=1S/C22H17ClF2N2O4/c1-12(13-3-5-14(6-4-13)22(29)30-2)27-20(28)17-9-15(23)11-26-21(17)31-19-8-7-16(24)10-18(19)25/h3-12H,1-2H3,(H,27,28)/t12-/m0/s1. The predicted octanol–water partition coefficient (Wildman–Crippen LogP) is 5.08. The third kappa shape index (κ3) is 5.35. The summed E-state index contributed by atoms with van der Waals surface area (Å²) in [5.74, 6) is -3.24. The van der Waals surface area contributed by atoms with Crippen LogP contribution in [-0.4, -0.2) is 24.0 Å². The molecule has 0 saturated carbocycles. The smallest absolute Gasteiger partial charge is 0.337 e. The summed E-state index contributed by atoms with van der Waals surface area (Å²) in [6.07, 6.45) is 1.24. The van der Waals surface area contributed by atoms with Gasteiger partial charge < -0.3 is 14.8 Å². The molecule has 0 aliphatic rings. The molecule has 0 aliphatic carbocycles. The van der Waals surface area contributed by atoms with E-state index in [2.05, 4.69) is 15.0 Å². The van der Waals surface area contributed by atoms with Crippen LogP contribution in [0.15, 0.2) is 54.7 Å². The molecule has 0 bridgehead atoms. The van der Waals surface area contributed by atoms with E-state index in [1.165, 1.54) is 19.4 Å². The minimum Gasteiger partial charge on any atom is -0.465 e. The summed E-state index contributed by atoms with van der Waals surface area (Å²) in [4.78, 5) is 28.3. The van der Waals surface area contributed by atoms with Gasteiger partial charge in [-0.2, -0.15) is 0 Å². The summed E-state index contributed by atoms with van der Waals surface area (Å²) in [6.45, 7) is 1.74. The zero-order chi connectivity index (χ0) is 22.5. The zero-order valence-corrected chi connectivity index (χ0v) is 17.2. The number of hydrogen-bond acceptors (Lipinski definition) is 5. The summed E-state index contributed by atoms with van der Waals surface area (Å²) in [5.41, 5.74) is 1.07. The van der Waals surface area contributed by atoms with Gasteiger partial charge in [0.2, 0.25) is 5.88 Å². The molecule has 0 radical (unpaired) electrons. The molecule has 3 aromatic rings. The average Bonchev–Trinajstić information content (AvgIpc) is 2.76.